The lowest BCUT2D eigenvalue weighted by molar-refractivity contribution is -0.957. The van der Waals surface area contributed by atoms with Crippen molar-refractivity contribution in [3.8, 4) is 0 Å². The predicted molar refractivity (Wildman–Crippen MR) is 151 cm³/mol. The molecule has 1 aliphatic heterocycles. The minimum atomic E-state index is 0.239. The van der Waals surface area contributed by atoms with Crippen molar-refractivity contribution in [1.82, 2.24) is 4.90 Å². The van der Waals surface area contributed by atoms with Crippen LogP contribution in [0.2, 0.25) is 5.02 Å². The van der Waals surface area contributed by atoms with E-state index in [1.807, 2.05) is 12.1 Å². The molecule has 4 aromatic carbocycles. The van der Waals surface area contributed by atoms with Gasteiger partial charge in [-0.15, -0.1) is 0 Å². The second-order valence-corrected chi connectivity index (χ2v) is 10.9. The SMILES string of the molecule is Cc1cccc(C[N+]2(Cc3cccc(C)c3)CCN(C(c3ccccc3)c3ccc(Cl)cc3)CC2)c1. The maximum atomic E-state index is 6.25. The molecule has 1 unspecified atom stereocenters. The Kier molecular flexibility index (Phi) is 7.57. The van der Waals surface area contributed by atoms with Crippen molar-refractivity contribution >= 4 is 11.6 Å². The fraction of sp³-hybridized carbons (Fsp3) is 0.273. The number of halogens is 1. The zero-order valence-corrected chi connectivity index (χ0v) is 22.2. The van der Waals surface area contributed by atoms with Gasteiger partial charge in [-0.25, -0.2) is 0 Å². The van der Waals surface area contributed by atoms with Gasteiger partial charge in [0.15, 0.2) is 0 Å². The number of rotatable bonds is 7. The largest absolute Gasteiger partial charge is 0.314 e. The third-order valence-electron chi connectivity index (χ3n) is 7.59. The van der Waals surface area contributed by atoms with E-state index < -0.39 is 0 Å². The molecule has 4 aromatic rings. The molecule has 1 heterocycles. The molecule has 3 heteroatoms. The molecule has 1 atom stereocenters. The third-order valence-corrected chi connectivity index (χ3v) is 7.84. The Bertz CT molecular complexity index is 1230. The summed E-state index contributed by atoms with van der Waals surface area (Å²) >= 11 is 6.25. The van der Waals surface area contributed by atoms with Crippen molar-refractivity contribution in [2.75, 3.05) is 26.2 Å². The van der Waals surface area contributed by atoms with Gasteiger partial charge in [-0.1, -0.05) is 114 Å². The van der Waals surface area contributed by atoms with Gasteiger partial charge < -0.3 is 4.48 Å². The number of nitrogens with zero attached hydrogens (tertiary/aromatic N) is 2. The van der Waals surface area contributed by atoms with Crippen LogP contribution < -0.4 is 0 Å². The van der Waals surface area contributed by atoms with Crippen LogP contribution in [0.3, 0.4) is 0 Å². The fourth-order valence-electron chi connectivity index (χ4n) is 5.83. The second-order valence-electron chi connectivity index (χ2n) is 10.5. The summed E-state index contributed by atoms with van der Waals surface area (Å²) in [7, 11) is 0. The molecule has 1 fully saturated rings. The number of piperazine rings is 1. The van der Waals surface area contributed by atoms with Crippen LogP contribution in [-0.2, 0) is 13.1 Å². The topological polar surface area (TPSA) is 3.24 Å². The number of aryl methyl sites for hydroxylation is 2. The van der Waals surface area contributed by atoms with Gasteiger partial charge in [0.2, 0.25) is 0 Å². The standard InChI is InChI=1S/C33H36ClN2/c1-26-8-6-10-28(22-26)24-36(25-29-11-7-9-27(2)23-29)20-18-35(19-21-36)33(30-12-4-3-5-13-30)31-14-16-32(34)17-15-31/h3-17,22-23,33H,18-21,24-25H2,1-2H3/q+1. The smallest absolute Gasteiger partial charge is 0.105 e. The molecule has 0 N–H and O–H groups in total. The van der Waals surface area contributed by atoms with Gasteiger partial charge in [-0.05, 0) is 37.1 Å². The zero-order chi connectivity index (χ0) is 25.0. The summed E-state index contributed by atoms with van der Waals surface area (Å²) in [6.07, 6.45) is 0. The van der Waals surface area contributed by atoms with Gasteiger partial charge in [-0.2, -0.15) is 0 Å². The van der Waals surface area contributed by atoms with Crippen LogP contribution in [0.25, 0.3) is 0 Å². The van der Waals surface area contributed by atoms with Crippen molar-refractivity contribution in [3.05, 3.63) is 142 Å². The average Bonchev–Trinajstić information content (AvgIpc) is 2.87. The van der Waals surface area contributed by atoms with Crippen LogP contribution in [0.4, 0.5) is 0 Å². The molecule has 0 saturated carbocycles. The molecule has 2 nitrogen and oxygen atoms in total. The predicted octanol–water partition coefficient (Wildman–Crippen LogP) is 7.58. The van der Waals surface area contributed by atoms with E-state index in [1.165, 1.54) is 33.4 Å². The van der Waals surface area contributed by atoms with Crippen molar-refractivity contribution in [2.24, 2.45) is 0 Å². The van der Waals surface area contributed by atoms with Crippen molar-refractivity contribution in [2.45, 2.75) is 33.0 Å². The average molecular weight is 496 g/mol. The summed E-state index contributed by atoms with van der Waals surface area (Å²) in [6, 6.07) is 37.7. The Labute approximate surface area is 221 Å². The minimum Gasteiger partial charge on any atom is -0.314 e. The first-order valence-electron chi connectivity index (χ1n) is 13.0. The Balaban J connectivity index is 1.43. The van der Waals surface area contributed by atoms with E-state index in [0.29, 0.717) is 0 Å². The van der Waals surface area contributed by atoms with Gasteiger partial charge in [0.1, 0.15) is 13.1 Å². The van der Waals surface area contributed by atoms with E-state index in [0.717, 1.165) is 48.8 Å². The summed E-state index contributed by atoms with van der Waals surface area (Å²) in [6.45, 7) is 10.9. The lowest BCUT2D eigenvalue weighted by atomic mass is 9.95. The first-order valence-corrected chi connectivity index (χ1v) is 13.4. The monoisotopic (exact) mass is 495 g/mol. The molecule has 184 valence electrons. The van der Waals surface area contributed by atoms with E-state index >= 15 is 0 Å². The highest BCUT2D eigenvalue weighted by Crippen LogP contribution is 2.33. The highest BCUT2D eigenvalue weighted by molar-refractivity contribution is 6.30. The highest BCUT2D eigenvalue weighted by atomic mass is 35.5. The van der Waals surface area contributed by atoms with Crippen LogP contribution in [-0.4, -0.2) is 35.6 Å². The molecular formula is C33H36ClN2+. The number of hydrogen-bond donors (Lipinski definition) is 0. The van der Waals surface area contributed by atoms with E-state index in [4.69, 9.17) is 11.6 Å². The van der Waals surface area contributed by atoms with Gasteiger partial charge in [-0.3, -0.25) is 4.90 Å². The first-order chi connectivity index (χ1) is 17.5. The van der Waals surface area contributed by atoms with Crippen molar-refractivity contribution in [1.29, 1.82) is 0 Å². The highest BCUT2D eigenvalue weighted by Gasteiger charge is 2.36. The van der Waals surface area contributed by atoms with Gasteiger partial charge in [0.05, 0.1) is 19.1 Å². The lowest BCUT2D eigenvalue weighted by Crippen LogP contribution is -2.59. The molecule has 0 aromatic heterocycles. The number of hydrogen-bond acceptors (Lipinski definition) is 1. The van der Waals surface area contributed by atoms with E-state index in [-0.39, 0.29) is 6.04 Å². The number of quaternary nitrogens is 1. The van der Waals surface area contributed by atoms with Crippen LogP contribution >= 0.6 is 11.6 Å². The van der Waals surface area contributed by atoms with Gasteiger partial charge >= 0.3 is 0 Å². The molecule has 0 spiro atoms. The molecule has 0 amide bonds. The molecule has 1 saturated heterocycles. The summed E-state index contributed by atoms with van der Waals surface area (Å²) in [5, 5.41) is 0.788. The normalized spacial score (nSPS) is 16.5. The number of benzene rings is 4. The summed E-state index contributed by atoms with van der Waals surface area (Å²) < 4.78 is 1.09. The quantitative estimate of drug-likeness (QED) is 0.239. The lowest BCUT2D eigenvalue weighted by Gasteiger charge is -2.47. The minimum absolute atomic E-state index is 0.239. The van der Waals surface area contributed by atoms with Gasteiger partial charge in [0.25, 0.3) is 0 Å². The maximum Gasteiger partial charge on any atom is 0.105 e. The van der Waals surface area contributed by atoms with E-state index in [2.05, 4.69) is 110 Å². The molecule has 36 heavy (non-hydrogen) atoms. The second kappa shape index (κ2) is 11.0. The van der Waals surface area contributed by atoms with Crippen LogP contribution in [0.5, 0.6) is 0 Å². The third kappa shape index (κ3) is 5.90. The fourth-order valence-corrected chi connectivity index (χ4v) is 5.95. The molecule has 1 aliphatic rings. The van der Waals surface area contributed by atoms with Crippen molar-refractivity contribution in [3.63, 3.8) is 0 Å². The van der Waals surface area contributed by atoms with Crippen molar-refractivity contribution < 1.29 is 4.48 Å². The zero-order valence-electron chi connectivity index (χ0n) is 21.4. The van der Waals surface area contributed by atoms with Crippen LogP contribution in [0, 0.1) is 13.8 Å². The van der Waals surface area contributed by atoms with E-state index in [9.17, 15) is 0 Å². The summed E-state index contributed by atoms with van der Waals surface area (Å²) in [5.74, 6) is 0. The molecule has 0 aliphatic carbocycles. The molecular weight excluding hydrogens is 460 g/mol. The molecule has 0 radical (unpaired) electrons. The Morgan fingerprint density at radius 1 is 0.667 bits per heavy atom. The Hall–Kier alpha value is -2.91. The Morgan fingerprint density at radius 2 is 1.19 bits per heavy atom. The van der Waals surface area contributed by atoms with Crippen LogP contribution in [0.15, 0.2) is 103 Å². The van der Waals surface area contributed by atoms with Crippen LogP contribution in [0.1, 0.15) is 39.4 Å². The van der Waals surface area contributed by atoms with E-state index in [1.54, 1.807) is 0 Å². The molecule has 5 rings (SSSR count). The first kappa shape index (κ1) is 24.8. The summed E-state index contributed by atoms with van der Waals surface area (Å²) in [4.78, 5) is 2.67. The maximum absolute atomic E-state index is 6.25. The van der Waals surface area contributed by atoms with Gasteiger partial charge in [0, 0.05) is 29.2 Å². The Morgan fingerprint density at radius 3 is 1.72 bits per heavy atom. The summed E-state index contributed by atoms with van der Waals surface area (Å²) in [5.41, 5.74) is 8.21. The molecule has 0 bridgehead atoms.